The second kappa shape index (κ2) is 6.42. The van der Waals surface area contributed by atoms with Crippen LogP contribution in [0.15, 0.2) is 21.2 Å². The third-order valence-electron chi connectivity index (χ3n) is 1.80. The molecule has 0 spiro atoms. The number of nitrogens with zero attached hydrogens (tertiary/aromatic N) is 1. The highest BCUT2D eigenvalue weighted by atomic mass is 79.9. The van der Waals surface area contributed by atoms with Crippen molar-refractivity contribution >= 4 is 60.9 Å². The normalized spacial score (nSPS) is 10.2. The lowest BCUT2D eigenvalue weighted by Crippen LogP contribution is -2.36. The van der Waals surface area contributed by atoms with Gasteiger partial charge in [-0.3, -0.25) is 4.79 Å². The third-order valence-corrected chi connectivity index (χ3v) is 3.04. The van der Waals surface area contributed by atoms with Gasteiger partial charge in [-0.1, -0.05) is 13.8 Å². The summed E-state index contributed by atoms with van der Waals surface area (Å²) in [4.78, 5) is 15.5. The van der Waals surface area contributed by atoms with E-state index in [1.165, 1.54) is 0 Å². The quantitative estimate of drug-likeness (QED) is 0.774. The SMILES string of the molecule is CC(C)C(=O)NC(=S)Nc1ncc(Br)cc1Br. The minimum atomic E-state index is -0.129. The average Bonchev–Trinajstić information content (AvgIpc) is 2.22. The van der Waals surface area contributed by atoms with Gasteiger partial charge >= 0.3 is 0 Å². The summed E-state index contributed by atoms with van der Waals surface area (Å²) in [5.74, 6) is 0.314. The summed E-state index contributed by atoms with van der Waals surface area (Å²) < 4.78 is 1.61. The van der Waals surface area contributed by atoms with Crippen LogP contribution in [0.3, 0.4) is 0 Å². The zero-order valence-electron chi connectivity index (χ0n) is 9.25. The first-order valence-electron chi connectivity index (χ1n) is 4.83. The van der Waals surface area contributed by atoms with Crippen LogP contribution in [0.1, 0.15) is 13.8 Å². The van der Waals surface area contributed by atoms with Crippen LogP contribution in [0.5, 0.6) is 0 Å². The van der Waals surface area contributed by atoms with E-state index in [1.807, 2.05) is 6.07 Å². The number of halogens is 2. The number of rotatable bonds is 2. The molecule has 17 heavy (non-hydrogen) atoms. The molecule has 4 nitrogen and oxygen atoms in total. The molecule has 0 aromatic carbocycles. The van der Waals surface area contributed by atoms with Crippen LogP contribution >= 0.6 is 44.1 Å². The summed E-state index contributed by atoms with van der Waals surface area (Å²) in [6.45, 7) is 3.59. The number of thiocarbonyl (C=S) groups is 1. The van der Waals surface area contributed by atoms with E-state index >= 15 is 0 Å². The van der Waals surface area contributed by atoms with Crippen LogP contribution in [0.2, 0.25) is 0 Å². The van der Waals surface area contributed by atoms with Gasteiger partial charge in [0.1, 0.15) is 5.82 Å². The van der Waals surface area contributed by atoms with Crippen molar-refractivity contribution in [2.75, 3.05) is 5.32 Å². The Balaban J connectivity index is 2.65. The first kappa shape index (κ1) is 14.5. The number of hydrogen-bond acceptors (Lipinski definition) is 3. The molecule has 1 rings (SSSR count). The van der Waals surface area contributed by atoms with Crippen LogP contribution in [-0.2, 0) is 4.79 Å². The highest BCUT2D eigenvalue weighted by Gasteiger charge is 2.10. The Morgan fingerprint density at radius 2 is 2.12 bits per heavy atom. The van der Waals surface area contributed by atoms with Crippen molar-refractivity contribution in [3.63, 3.8) is 0 Å². The molecule has 1 aromatic rings. The molecule has 1 aromatic heterocycles. The predicted molar refractivity (Wildman–Crippen MR) is 78.8 cm³/mol. The second-order valence-corrected chi connectivity index (χ2v) is 5.76. The average molecular weight is 381 g/mol. The highest BCUT2D eigenvalue weighted by molar-refractivity contribution is 9.11. The fourth-order valence-corrected chi connectivity index (χ4v) is 2.19. The molecule has 0 aliphatic carbocycles. The molecule has 0 aliphatic rings. The molecule has 92 valence electrons. The summed E-state index contributed by atoms with van der Waals surface area (Å²) in [6.07, 6.45) is 1.64. The van der Waals surface area contributed by atoms with Crippen molar-refractivity contribution in [2.45, 2.75) is 13.8 Å². The van der Waals surface area contributed by atoms with Gasteiger partial charge in [-0.15, -0.1) is 0 Å². The fourth-order valence-electron chi connectivity index (χ4n) is 0.902. The van der Waals surface area contributed by atoms with E-state index in [-0.39, 0.29) is 16.9 Å². The van der Waals surface area contributed by atoms with E-state index in [0.717, 1.165) is 8.95 Å². The number of aromatic nitrogens is 1. The molecule has 0 saturated heterocycles. The molecule has 0 aliphatic heterocycles. The second-order valence-electron chi connectivity index (χ2n) is 3.58. The third kappa shape index (κ3) is 4.69. The molecule has 2 N–H and O–H groups in total. The van der Waals surface area contributed by atoms with E-state index in [4.69, 9.17) is 12.2 Å². The highest BCUT2D eigenvalue weighted by Crippen LogP contribution is 2.23. The first-order valence-corrected chi connectivity index (χ1v) is 6.82. The van der Waals surface area contributed by atoms with E-state index in [9.17, 15) is 4.79 Å². The van der Waals surface area contributed by atoms with Crippen LogP contribution in [0.4, 0.5) is 5.82 Å². The topological polar surface area (TPSA) is 54.0 Å². The smallest absolute Gasteiger partial charge is 0.228 e. The molecule has 0 unspecified atom stereocenters. The van der Waals surface area contributed by atoms with Crippen LogP contribution < -0.4 is 10.6 Å². The van der Waals surface area contributed by atoms with Gasteiger partial charge in [0, 0.05) is 16.6 Å². The van der Waals surface area contributed by atoms with Crippen molar-refractivity contribution in [1.82, 2.24) is 10.3 Å². The van der Waals surface area contributed by atoms with Gasteiger partial charge in [0.05, 0.1) is 4.47 Å². The summed E-state index contributed by atoms with van der Waals surface area (Å²) in [6, 6.07) is 1.84. The number of hydrogen-bond donors (Lipinski definition) is 2. The molecule has 0 bridgehead atoms. The maximum absolute atomic E-state index is 11.4. The lowest BCUT2D eigenvalue weighted by atomic mass is 10.2. The lowest BCUT2D eigenvalue weighted by Gasteiger charge is -2.11. The molecule has 1 heterocycles. The van der Waals surface area contributed by atoms with Gasteiger partial charge in [0.2, 0.25) is 5.91 Å². The van der Waals surface area contributed by atoms with Crippen molar-refractivity contribution in [3.05, 3.63) is 21.2 Å². The van der Waals surface area contributed by atoms with Crippen LogP contribution in [0.25, 0.3) is 0 Å². The number of carbonyl (C=O) groups excluding carboxylic acids is 1. The standard InChI is InChI=1S/C10H11Br2N3OS/c1-5(2)9(16)15-10(17)14-8-7(12)3-6(11)4-13-8/h3-5H,1-2H3,(H2,13,14,15,16,17). The fraction of sp³-hybridized carbons (Fsp3) is 0.300. The largest absolute Gasteiger partial charge is 0.316 e. The maximum atomic E-state index is 11.4. The van der Waals surface area contributed by atoms with Crippen LogP contribution in [-0.4, -0.2) is 16.0 Å². The molecule has 0 saturated carbocycles. The van der Waals surface area contributed by atoms with Crippen LogP contribution in [0, 0.1) is 5.92 Å². The first-order chi connectivity index (χ1) is 7.90. The Kier molecular flexibility index (Phi) is 5.48. The summed E-state index contributed by atoms with van der Waals surface area (Å²) in [5.41, 5.74) is 0. The minimum absolute atomic E-state index is 0.115. The van der Waals surface area contributed by atoms with Crippen molar-refractivity contribution in [2.24, 2.45) is 5.92 Å². The molecule has 0 atom stereocenters. The molecular formula is C10H11Br2N3OS. The van der Waals surface area contributed by atoms with Gasteiger partial charge in [0.15, 0.2) is 5.11 Å². The number of pyridine rings is 1. The Hall–Kier alpha value is -0.530. The zero-order chi connectivity index (χ0) is 13.0. The summed E-state index contributed by atoms with van der Waals surface area (Å²) >= 11 is 11.7. The molecule has 0 fully saturated rings. The molecule has 0 radical (unpaired) electrons. The predicted octanol–water partition coefficient (Wildman–Crippen LogP) is 3.08. The maximum Gasteiger partial charge on any atom is 0.228 e. The Morgan fingerprint density at radius 3 is 2.65 bits per heavy atom. The number of anilines is 1. The minimum Gasteiger partial charge on any atom is -0.316 e. The summed E-state index contributed by atoms with van der Waals surface area (Å²) in [5, 5.41) is 5.66. The number of carbonyl (C=O) groups is 1. The molecule has 1 amide bonds. The number of nitrogens with one attached hydrogen (secondary N) is 2. The lowest BCUT2D eigenvalue weighted by molar-refractivity contribution is -0.122. The van der Waals surface area contributed by atoms with Gasteiger partial charge in [-0.2, -0.15) is 0 Å². The van der Waals surface area contributed by atoms with Gasteiger partial charge in [0.25, 0.3) is 0 Å². The Morgan fingerprint density at radius 1 is 1.47 bits per heavy atom. The van der Waals surface area contributed by atoms with Gasteiger partial charge < -0.3 is 10.6 Å². The van der Waals surface area contributed by atoms with E-state index in [1.54, 1.807) is 20.0 Å². The number of amides is 1. The summed E-state index contributed by atoms with van der Waals surface area (Å²) in [7, 11) is 0. The van der Waals surface area contributed by atoms with Crippen molar-refractivity contribution in [3.8, 4) is 0 Å². The van der Waals surface area contributed by atoms with Crippen molar-refractivity contribution < 1.29 is 4.79 Å². The molecular weight excluding hydrogens is 370 g/mol. The Bertz CT molecular complexity index is 451. The monoisotopic (exact) mass is 379 g/mol. The van der Waals surface area contributed by atoms with Gasteiger partial charge in [-0.25, -0.2) is 4.98 Å². The zero-order valence-corrected chi connectivity index (χ0v) is 13.2. The van der Waals surface area contributed by atoms with Gasteiger partial charge in [-0.05, 0) is 50.1 Å². The van der Waals surface area contributed by atoms with E-state index < -0.39 is 0 Å². The molecule has 7 heteroatoms. The Labute approximate surface area is 122 Å². The van der Waals surface area contributed by atoms with Crippen molar-refractivity contribution in [1.29, 1.82) is 0 Å². The van der Waals surface area contributed by atoms with E-state index in [2.05, 4.69) is 47.5 Å². The van der Waals surface area contributed by atoms with E-state index in [0.29, 0.717) is 5.82 Å².